The normalized spacial score (nSPS) is 21.1. The van der Waals surface area contributed by atoms with Crippen molar-refractivity contribution >= 4 is 0 Å². The van der Waals surface area contributed by atoms with Crippen LogP contribution in [0.2, 0.25) is 0 Å². The van der Waals surface area contributed by atoms with Gasteiger partial charge in [-0.15, -0.1) is 0 Å². The average molecular weight is 235 g/mol. The Balaban J connectivity index is 2.18. The van der Waals surface area contributed by atoms with Crippen LogP contribution in [0.4, 0.5) is 0 Å². The predicted molar refractivity (Wildman–Crippen MR) is 67.6 cm³/mol. The van der Waals surface area contributed by atoms with Crippen molar-refractivity contribution in [1.82, 2.24) is 9.88 Å². The average Bonchev–Trinajstić information content (AvgIpc) is 2.41. The zero-order chi connectivity index (χ0) is 12.1. The van der Waals surface area contributed by atoms with Crippen LogP contribution in [0.3, 0.4) is 0 Å². The van der Waals surface area contributed by atoms with Crippen molar-refractivity contribution in [3.63, 3.8) is 0 Å². The summed E-state index contributed by atoms with van der Waals surface area (Å²) in [6.45, 7) is 5.59. The number of nitrogens with two attached hydrogens (primary N) is 1. The molecule has 0 bridgehead atoms. The lowest BCUT2D eigenvalue weighted by Crippen LogP contribution is -2.46. The SMILES string of the molecule is CCC(N)C(c1ccccn1)N1CCOCC1. The van der Waals surface area contributed by atoms with Crippen LogP contribution in [0.1, 0.15) is 25.1 Å². The van der Waals surface area contributed by atoms with Crippen molar-refractivity contribution in [3.05, 3.63) is 30.1 Å². The molecular formula is C13H21N3O. The minimum absolute atomic E-state index is 0.128. The number of ether oxygens (including phenoxy) is 1. The third-order valence-electron chi connectivity index (χ3n) is 3.31. The second-order valence-corrected chi connectivity index (χ2v) is 4.42. The summed E-state index contributed by atoms with van der Waals surface area (Å²) in [5.74, 6) is 0. The molecule has 17 heavy (non-hydrogen) atoms. The standard InChI is InChI=1S/C13H21N3O/c1-2-11(14)13(12-5-3-4-6-15-12)16-7-9-17-10-8-16/h3-6,11,13H,2,7-10,14H2,1H3. The lowest BCUT2D eigenvalue weighted by Gasteiger charge is -2.37. The Hall–Kier alpha value is -0.970. The first kappa shape index (κ1) is 12.5. The van der Waals surface area contributed by atoms with Gasteiger partial charge < -0.3 is 10.5 Å². The van der Waals surface area contributed by atoms with Gasteiger partial charge in [-0.1, -0.05) is 13.0 Å². The fraction of sp³-hybridized carbons (Fsp3) is 0.615. The second kappa shape index (κ2) is 6.10. The van der Waals surface area contributed by atoms with Crippen molar-refractivity contribution in [2.24, 2.45) is 5.73 Å². The Labute approximate surface area is 103 Å². The quantitative estimate of drug-likeness (QED) is 0.852. The fourth-order valence-electron chi connectivity index (χ4n) is 2.31. The molecule has 0 saturated carbocycles. The maximum absolute atomic E-state index is 6.26. The molecule has 1 aliphatic rings. The minimum Gasteiger partial charge on any atom is -0.379 e. The monoisotopic (exact) mass is 235 g/mol. The molecule has 94 valence electrons. The number of hydrogen-bond acceptors (Lipinski definition) is 4. The number of pyridine rings is 1. The summed E-state index contributed by atoms with van der Waals surface area (Å²) in [5, 5.41) is 0. The highest BCUT2D eigenvalue weighted by Crippen LogP contribution is 2.24. The highest BCUT2D eigenvalue weighted by molar-refractivity contribution is 5.11. The first-order valence-corrected chi connectivity index (χ1v) is 6.31. The molecule has 1 aromatic rings. The van der Waals surface area contributed by atoms with E-state index >= 15 is 0 Å². The number of rotatable bonds is 4. The molecule has 2 rings (SSSR count). The Morgan fingerprint density at radius 3 is 2.76 bits per heavy atom. The van der Waals surface area contributed by atoms with Crippen molar-refractivity contribution in [2.45, 2.75) is 25.4 Å². The van der Waals surface area contributed by atoms with Gasteiger partial charge in [0.2, 0.25) is 0 Å². The number of aromatic nitrogens is 1. The number of nitrogens with zero attached hydrogens (tertiary/aromatic N) is 2. The van der Waals surface area contributed by atoms with Crippen molar-refractivity contribution < 1.29 is 4.74 Å². The Bertz CT molecular complexity index is 325. The zero-order valence-corrected chi connectivity index (χ0v) is 10.4. The molecule has 0 radical (unpaired) electrons. The summed E-state index contributed by atoms with van der Waals surface area (Å²) in [5.41, 5.74) is 7.33. The van der Waals surface area contributed by atoms with Crippen LogP contribution >= 0.6 is 0 Å². The predicted octanol–water partition coefficient (Wildman–Crippen LogP) is 1.19. The van der Waals surface area contributed by atoms with Crippen LogP contribution in [0.5, 0.6) is 0 Å². The van der Waals surface area contributed by atoms with Crippen molar-refractivity contribution in [3.8, 4) is 0 Å². The molecule has 0 spiro atoms. The molecular weight excluding hydrogens is 214 g/mol. The maximum Gasteiger partial charge on any atom is 0.0675 e. The molecule has 1 saturated heterocycles. The van der Waals surface area contributed by atoms with Gasteiger partial charge in [-0.05, 0) is 18.6 Å². The van der Waals surface area contributed by atoms with E-state index in [0.29, 0.717) is 0 Å². The van der Waals surface area contributed by atoms with Gasteiger partial charge in [0.1, 0.15) is 0 Å². The van der Waals surface area contributed by atoms with Crippen molar-refractivity contribution in [2.75, 3.05) is 26.3 Å². The van der Waals surface area contributed by atoms with Crippen LogP contribution in [-0.2, 0) is 4.74 Å². The molecule has 0 amide bonds. The van der Waals surface area contributed by atoms with Gasteiger partial charge in [0.25, 0.3) is 0 Å². The summed E-state index contributed by atoms with van der Waals surface area (Å²) in [7, 11) is 0. The van der Waals surface area contributed by atoms with E-state index in [2.05, 4.69) is 22.9 Å². The van der Waals surface area contributed by atoms with E-state index in [4.69, 9.17) is 10.5 Å². The number of hydrogen-bond donors (Lipinski definition) is 1. The molecule has 0 aliphatic carbocycles. The van der Waals surface area contributed by atoms with Crippen LogP contribution in [0.25, 0.3) is 0 Å². The Morgan fingerprint density at radius 1 is 1.41 bits per heavy atom. The highest BCUT2D eigenvalue weighted by atomic mass is 16.5. The Morgan fingerprint density at radius 2 is 2.18 bits per heavy atom. The lowest BCUT2D eigenvalue weighted by molar-refractivity contribution is 0.00911. The summed E-state index contributed by atoms with van der Waals surface area (Å²) in [6.07, 6.45) is 2.80. The molecule has 4 heteroatoms. The summed E-state index contributed by atoms with van der Waals surface area (Å²) in [4.78, 5) is 6.85. The van der Waals surface area contributed by atoms with Gasteiger partial charge in [0, 0.05) is 25.3 Å². The van der Waals surface area contributed by atoms with E-state index in [0.717, 1.165) is 38.4 Å². The van der Waals surface area contributed by atoms with E-state index < -0.39 is 0 Å². The molecule has 0 aromatic carbocycles. The van der Waals surface area contributed by atoms with Crippen LogP contribution in [0.15, 0.2) is 24.4 Å². The van der Waals surface area contributed by atoms with Gasteiger partial charge in [0.15, 0.2) is 0 Å². The zero-order valence-electron chi connectivity index (χ0n) is 10.4. The smallest absolute Gasteiger partial charge is 0.0675 e. The first-order valence-electron chi connectivity index (χ1n) is 6.31. The first-order chi connectivity index (χ1) is 8.33. The molecule has 2 N–H and O–H groups in total. The van der Waals surface area contributed by atoms with Gasteiger partial charge in [-0.25, -0.2) is 0 Å². The van der Waals surface area contributed by atoms with Gasteiger partial charge in [-0.2, -0.15) is 0 Å². The van der Waals surface area contributed by atoms with E-state index in [1.54, 1.807) is 0 Å². The molecule has 1 aromatic heterocycles. The molecule has 4 nitrogen and oxygen atoms in total. The third-order valence-corrected chi connectivity index (χ3v) is 3.31. The number of morpholine rings is 1. The molecule has 1 fully saturated rings. The summed E-state index contributed by atoms with van der Waals surface area (Å²) >= 11 is 0. The third kappa shape index (κ3) is 3.03. The van der Waals surface area contributed by atoms with Gasteiger partial charge >= 0.3 is 0 Å². The van der Waals surface area contributed by atoms with Crippen LogP contribution in [0, 0.1) is 0 Å². The summed E-state index contributed by atoms with van der Waals surface area (Å²) in [6, 6.07) is 6.37. The maximum atomic E-state index is 6.26. The summed E-state index contributed by atoms with van der Waals surface area (Å²) < 4.78 is 5.40. The van der Waals surface area contributed by atoms with E-state index in [1.165, 1.54) is 0 Å². The molecule has 2 heterocycles. The topological polar surface area (TPSA) is 51.4 Å². The Kier molecular flexibility index (Phi) is 4.48. The molecule has 1 aliphatic heterocycles. The highest BCUT2D eigenvalue weighted by Gasteiger charge is 2.27. The van der Waals surface area contributed by atoms with E-state index in [-0.39, 0.29) is 12.1 Å². The van der Waals surface area contributed by atoms with Crippen LogP contribution in [-0.4, -0.2) is 42.2 Å². The second-order valence-electron chi connectivity index (χ2n) is 4.42. The van der Waals surface area contributed by atoms with Crippen LogP contribution < -0.4 is 5.73 Å². The van der Waals surface area contributed by atoms with E-state index in [1.807, 2.05) is 18.3 Å². The molecule has 2 unspecified atom stereocenters. The molecule has 2 atom stereocenters. The fourth-order valence-corrected chi connectivity index (χ4v) is 2.31. The van der Waals surface area contributed by atoms with Gasteiger partial charge in [0.05, 0.1) is 24.9 Å². The van der Waals surface area contributed by atoms with E-state index in [9.17, 15) is 0 Å². The minimum atomic E-state index is 0.128. The van der Waals surface area contributed by atoms with Crippen molar-refractivity contribution in [1.29, 1.82) is 0 Å². The van der Waals surface area contributed by atoms with Gasteiger partial charge in [-0.3, -0.25) is 9.88 Å². The largest absolute Gasteiger partial charge is 0.379 e. The lowest BCUT2D eigenvalue weighted by atomic mass is 10.0.